The van der Waals surface area contributed by atoms with Crippen LogP contribution < -0.4 is 4.74 Å². The van der Waals surface area contributed by atoms with Gasteiger partial charge in [-0.05, 0) is 49.5 Å². The lowest BCUT2D eigenvalue weighted by molar-refractivity contribution is 0.283. The van der Waals surface area contributed by atoms with E-state index < -0.39 is 0 Å². The number of allylic oxidation sites excluding steroid dienone is 2. The Bertz CT molecular complexity index is 338. The van der Waals surface area contributed by atoms with Gasteiger partial charge in [-0.15, -0.1) is 0 Å². The number of hydrogen-bond donors (Lipinski definition) is 1. The van der Waals surface area contributed by atoms with Crippen molar-refractivity contribution in [2.45, 2.75) is 32.6 Å². The fraction of sp³-hybridized carbons (Fsp3) is 0.467. The van der Waals surface area contributed by atoms with Gasteiger partial charge in [0.15, 0.2) is 0 Å². The van der Waals surface area contributed by atoms with Gasteiger partial charge in [0.2, 0.25) is 0 Å². The number of rotatable bonds is 7. The summed E-state index contributed by atoms with van der Waals surface area (Å²) in [6.07, 6.45) is 6.36. The van der Waals surface area contributed by atoms with Crippen LogP contribution in [0.1, 0.15) is 38.2 Å². The van der Waals surface area contributed by atoms with Gasteiger partial charge in [-0.3, -0.25) is 0 Å². The zero-order chi connectivity index (χ0) is 12.5. The van der Waals surface area contributed by atoms with Crippen LogP contribution in [0.25, 0.3) is 5.57 Å². The van der Waals surface area contributed by atoms with Gasteiger partial charge in [0, 0.05) is 6.61 Å². The first-order chi connectivity index (χ1) is 8.31. The molecular weight excluding hydrogens is 212 g/mol. The summed E-state index contributed by atoms with van der Waals surface area (Å²) in [6, 6.07) is 8.18. The van der Waals surface area contributed by atoms with Crippen molar-refractivity contribution in [2.24, 2.45) is 0 Å². The molecule has 2 heteroatoms. The van der Waals surface area contributed by atoms with Gasteiger partial charge in [0.1, 0.15) is 5.75 Å². The molecule has 0 bridgehead atoms. The Morgan fingerprint density at radius 3 is 2.41 bits per heavy atom. The summed E-state index contributed by atoms with van der Waals surface area (Å²) < 4.78 is 5.15. The Labute approximate surface area is 104 Å². The first kappa shape index (κ1) is 13.8. The van der Waals surface area contributed by atoms with E-state index in [0.29, 0.717) is 6.61 Å². The molecule has 1 rings (SSSR count). The van der Waals surface area contributed by atoms with Crippen molar-refractivity contribution in [1.29, 1.82) is 0 Å². The third-order valence-electron chi connectivity index (χ3n) is 2.91. The summed E-state index contributed by atoms with van der Waals surface area (Å²) in [4.78, 5) is 0. The van der Waals surface area contributed by atoms with Crippen molar-refractivity contribution in [2.75, 3.05) is 13.7 Å². The van der Waals surface area contributed by atoms with Gasteiger partial charge in [0.05, 0.1) is 7.11 Å². The maximum atomic E-state index is 8.73. The number of methoxy groups -OCH3 is 1. The minimum atomic E-state index is 0.299. The fourth-order valence-corrected chi connectivity index (χ4v) is 1.86. The number of ether oxygens (including phenoxy) is 1. The SMILES string of the molecule is CC=C(CCCCCO)c1ccc(OC)cc1. The zero-order valence-corrected chi connectivity index (χ0v) is 10.8. The van der Waals surface area contributed by atoms with E-state index in [1.54, 1.807) is 7.11 Å². The zero-order valence-electron chi connectivity index (χ0n) is 10.8. The van der Waals surface area contributed by atoms with Crippen LogP contribution in [0.5, 0.6) is 5.75 Å². The van der Waals surface area contributed by atoms with E-state index in [9.17, 15) is 0 Å². The molecule has 0 heterocycles. The molecule has 0 aromatic heterocycles. The maximum Gasteiger partial charge on any atom is 0.118 e. The van der Waals surface area contributed by atoms with Gasteiger partial charge < -0.3 is 9.84 Å². The highest BCUT2D eigenvalue weighted by atomic mass is 16.5. The average Bonchev–Trinajstić information content (AvgIpc) is 2.39. The van der Waals surface area contributed by atoms with Gasteiger partial charge >= 0.3 is 0 Å². The van der Waals surface area contributed by atoms with Crippen LogP contribution in [0.2, 0.25) is 0 Å². The van der Waals surface area contributed by atoms with E-state index in [2.05, 4.69) is 25.1 Å². The topological polar surface area (TPSA) is 29.5 Å². The van der Waals surface area contributed by atoms with Crippen LogP contribution in [0, 0.1) is 0 Å². The Kier molecular flexibility index (Phi) is 6.41. The second-order valence-electron chi connectivity index (χ2n) is 4.08. The Morgan fingerprint density at radius 2 is 1.88 bits per heavy atom. The fourth-order valence-electron chi connectivity index (χ4n) is 1.86. The predicted molar refractivity (Wildman–Crippen MR) is 72.2 cm³/mol. The summed E-state index contributed by atoms with van der Waals surface area (Å²) in [6.45, 7) is 2.37. The molecule has 0 aliphatic carbocycles. The third kappa shape index (κ3) is 4.61. The lowest BCUT2D eigenvalue weighted by Crippen LogP contribution is -1.88. The molecule has 0 amide bonds. The monoisotopic (exact) mass is 234 g/mol. The largest absolute Gasteiger partial charge is 0.497 e. The molecule has 0 spiro atoms. The molecule has 0 saturated carbocycles. The smallest absolute Gasteiger partial charge is 0.118 e. The predicted octanol–water partition coefficient (Wildman–Crippen LogP) is 3.65. The Hall–Kier alpha value is -1.28. The molecule has 0 unspecified atom stereocenters. The minimum absolute atomic E-state index is 0.299. The summed E-state index contributed by atoms with van der Waals surface area (Å²) in [7, 11) is 1.68. The molecule has 0 aliphatic heterocycles. The highest BCUT2D eigenvalue weighted by molar-refractivity contribution is 5.65. The van der Waals surface area contributed by atoms with Crippen molar-refractivity contribution in [3.63, 3.8) is 0 Å². The standard InChI is InChI=1S/C15H22O2/c1-3-13(7-5-4-6-12-16)14-8-10-15(17-2)11-9-14/h3,8-11,16H,4-7,12H2,1-2H3. The molecule has 1 aromatic rings. The van der Waals surface area contributed by atoms with E-state index in [-0.39, 0.29) is 0 Å². The molecule has 0 fully saturated rings. The molecule has 0 radical (unpaired) electrons. The lowest BCUT2D eigenvalue weighted by Gasteiger charge is -2.08. The summed E-state index contributed by atoms with van der Waals surface area (Å²) in [5, 5.41) is 8.73. The second-order valence-corrected chi connectivity index (χ2v) is 4.08. The number of hydrogen-bond acceptors (Lipinski definition) is 2. The minimum Gasteiger partial charge on any atom is -0.497 e. The number of unbranched alkanes of at least 4 members (excludes halogenated alkanes) is 2. The Balaban J connectivity index is 2.54. The van der Waals surface area contributed by atoms with E-state index in [1.807, 2.05) is 12.1 Å². The van der Waals surface area contributed by atoms with Gasteiger partial charge in [-0.2, -0.15) is 0 Å². The van der Waals surface area contributed by atoms with Crippen LogP contribution >= 0.6 is 0 Å². The first-order valence-electron chi connectivity index (χ1n) is 6.22. The third-order valence-corrected chi connectivity index (χ3v) is 2.91. The number of aliphatic hydroxyl groups excluding tert-OH is 1. The molecule has 2 nitrogen and oxygen atoms in total. The van der Waals surface area contributed by atoms with Gasteiger partial charge in [0.25, 0.3) is 0 Å². The second kappa shape index (κ2) is 7.91. The number of benzene rings is 1. The molecule has 94 valence electrons. The molecule has 0 atom stereocenters. The summed E-state index contributed by atoms with van der Waals surface area (Å²) in [5.74, 6) is 0.893. The molecule has 1 N–H and O–H groups in total. The molecule has 1 aromatic carbocycles. The van der Waals surface area contributed by atoms with E-state index in [0.717, 1.165) is 31.4 Å². The average molecular weight is 234 g/mol. The van der Waals surface area contributed by atoms with Crippen LogP contribution in [-0.4, -0.2) is 18.8 Å². The van der Waals surface area contributed by atoms with Crippen LogP contribution in [-0.2, 0) is 0 Å². The van der Waals surface area contributed by atoms with Gasteiger partial charge in [-0.25, -0.2) is 0 Å². The van der Waals surface area contributed by atoms with Crippen LogP contribution in [0.4, 0.5) is 0 Å². The van der Waals surface area contributed by atoms with Crippen molar-refractivity contribution in [1.82, 2.24) is 0 Å². The van der Waals surface area contributed by atoms with Crippen molar-refractivity contribution in [3.8, 4) is 5.75 Å². The van der Waals surface area contributed by atoms with Crippen LogP contribution in [0.3, 0.4) is 0 Å². The first-order valence-corrected chi connectivity index (χ1v) is 6.22. The normalized spacial score (nSPS) is 11.6. The quantitative estimate of drug-likeness (QED) is 0.730. The van der Waals surface area contributed by atoms with Crippen molar-refractivity contribution >= 4 is 5.57 Å². The van der Waals surface area contributed by atoms with E-state index in [1.165, 1.54) is 11.1 Å². The van der Waals surface area contributed by atoms with E-state index in [4.69, 9.17) is 9.84 Å². The molecule has 0 aliphatic rings. The number of aliphatic hydroxyl groups is 1. The van der Waals surface area contributed by atoms with E-state index >= 15 is 0 Å². The molecule has 0 saturated heterocycles. The van der Waals surface area contributed by atoms with Gasteiger partial charge in [-0.1, -0.05) is 24.6 Å². The Morgan fingerprint density at radius 1 is 1.18 bits per heavy atom. The summed E-state index contributed by atoms with van der Waals surface area (Å²) in [5.41, 5.74) is 2.63. The molecular formula is C15H22O2. The van der Waals surface area contributed by atoms with Crippen molar-refractivity contribution < 1.29 is 9.84 Å². The van der Waals surface area contributed by atoms with Crippen LogP contribution in [0.15, 0.2) is 30.3 Å². The molecule has 17 heavy (non-hydrogen) atoms. The highest BCUT2D eigenvalue weighted by Gasteiger charge is 2.01. The summed E-state index contributed by atoms with van der Waals surface area (Å²) >= 11 is 0. The van der Waals surface area contributed by atoms with Crippen molar-refractivity contribution in [3.05, 3.63) is 35.9 Å². The lowest BCUT2D eigenvalue weighted by atomic mass is 9.99. The highest BCUT2D eigenvalue weighted by Crippen LogP contribution is 2.23. The maximum absolute atomic E-state index is 8.73.